The topological polar surface area (TPSA) is 79.5 Å². The van der Waals surface area contributed by atoms with E-state index in [-0.39, 0.29) is 6.10 Å². The van der Waals surface area contributed by atoms with E-state index in [4.69, 9.17) is 10.5 Å². The van der Waals surface area contributed by atoms with E-state index < -0.39 is 0 Å². The van der Waals surface area contributed by atoms with E-state index in [2.05, 4.69) is 32.1 Å². The molecule has 2 aliphatic heterocycles. The Labute approximate surface area is 125 Å². The van der Waals surface area contributed by atoms with Crippen molar-refractivity contribution in [3.63, 3.8) is 0 Å². The van der Waals surface area contributed by atoms with Crippen molar-refractivity contribution in [1.82, 2.24) is 14.9 Å². The first-order valence-electron chi connectivity index (χ1n) is 7.63. The van der Waals surface area contributed by atoms with E-state index in [1.807, 2.05) is 0 Å². The zero-order valence-corrected chi connectivity index (χ0v) is 12.6. The molecule has 0 amide bonds. The molecule has 1 unspecified atom stereocenters. The van der Waals surface area contributed by atoms with Crippen LogP contribution in [0.2, 0.25) is 0 Å². The van der Waals surface area contributed by atoms with E-state index in [0.29, 0.717) is 5.69 Å². The third-order valence-corrected chi connectivity index (χ3v) is 4.19. The monoisotopic (exact) mass is 292 g/mol. The highest BCUT2D eigenvalue weighted by molar-refractivity contribution is 5.75. The second-order valence-corrected chi connectivity index (χ2v) is 5.77. The Kier molecular flexibility index (Phi) is 4.40. The number of hydrogen-bond donors (Lipinski definition) is 2. The Morgan fingerprint density at radius 2 is 2.14 bits per heavy atom. The molecule has 3 rings (SSSR count). The van der Waals surface area contributed by atoms with Gasteiger partial charge in [0.1, 0.15) is 12.0 Å². The van der Waals surface area contributed by atoms with Crippen molar-refractivity contribution in [3.05, 3.63) is 6.33 Å². The van der Waals surface area contributed by atoms with Crippen LogP contribution in [0.15, 0.2) is 6.33 Å². The first-order valence-corrected chi connectivity index (χ1v) is 7.63. The number of likely N-dealkylation sites (N-methyl/N-ethyl adjacent to an activating group) is 1. The number of nitrogens with zero attached hydrogens (tertiary/aromatic N) is 4. The summed E-state index contributed by atoms with van der Waals surface area (Å²) in [7, 11) is 2.13. The maximum Gasteiger partial charge on any atom is 0.157 e. The highest BCUT2D eigenvalue weighted by Gasteiger charge is 2.20. The quantitative estimate of drug-likeness (QED) is 0.831. The molecule has 2 fully saturated rings. The lowest BCUT2D eigenvalue weighted by molar-refractivity contribution is 0.120. The van der Waals surface area contributed by atoms with Crippen LogP contribution in [0.3, 0.4) is 0 Å². The minimum atomic E-state index is 0.270. The number of aromatic nitrogens is 2. The Hall–Kier alpha value is -1.60. The van der Waals surface area contributed by atoms with Crippen LogP contribution >= 0.6 is 0 Å². The van der Waals surface area contributed by atoms with Gasteiger partial charge in [-0.3, -0.25) is 0 Å². The van der Waals surface area contributed by atoms with Gasteiger partial charge in [0.25, 0.3) is 0 Å². The van der Waals surface area contributed by atoms with Crippen molar-refractivity contribution in [2.24, 2.45) is 0 Å². The molecule has 0 aliphatic carbocycles. The average molecular weight is 292 g/mol. The number of hydrogen-bond acceptors (Lipinski definition) is 7. The second-order valence-electron chi connectivity index (χ2n) is 5.77. The third kappa shape index (κ3) is 3.36. The molecule has 3 N–H and O–H groups in total. The molecule has 0 bridgehead atoms. The SMILES string of the molecule is CN1CCN(c2ncnc(NCC3CCCO3)c2N)CC1. The smallest absolute Gasteiger partial charge is 0.157 e. The maximum absolute atomic E-state index is 6.25. The molecule has 116 valence electrons. The van der Waals surface area contributed by atoms with Crippen molar-refractivity contribution >= 4 is 17.3 Å². The molecule has 1 aromatic heterocycles. The molecule has 7 nitrogen and oxygen atoms in total. The normalized spacial score (nSPS) is 23.5. The summed E-state index contributed by atoms with van der Waals surface area (Å²) in [4.78, 5) is 13.2. The van der Waals surface area contributed by atoms with Gasteiger partial charge in [-0.1, -0.05) is 0 Å². The summed E-state index contributed by atoms with van der Waals surface area (Å²) in [6.45, 7) is 5.57. The molecule has 7 heteroatoms. The standard InChI is InChI=1S/C14H24N6O/c1-19-4-6-20(7-5-19)14-12(15)13(17-10-18-14)16-9-11-3-2-8-21-11/h10-11H,2-9,15H2,1H3,(H,16,17,18). The average Bonchev–Trinajstić information content (AvgIpc) is 3.01. The predicted molar refractivity (Wildman–Crippen MR) is 83.6 cm³/mol. The third-order valence-electron chi connectivity index (χ3n) is 4.19. The molecule has 21 heavy (non-hydrogen) atoms. The molecule has 0 radical (unpaired) electrons. The Balaban J connectivity index is 1.66. The number of nitrogen functional groups attached to an aromatic ring is 1. The highest BCUT2D eigenvalue weighted by Crippen LogP contribution is 2.27. The van der Waals surface area contributed by atoms with E-state index in [0.717, 1.165) is 63.8 Å². The number of ether oxygens (including phenoxy) is 1. The molecule has 0 spiro atoms. The number of rotatable bonds is 4. The van der Waals surface area contributed by atoms with Crippen LogP contribution in [-0.2, 0) is 4.74 Å². The van der Waals surface area contributed by atoms with Crippen LogP contribution in [-0.4, -0.2) is 67.4 Å². The molecule has 2 saturated heterocycles. The summed E-state index contributed by atoms with van der Waals surface area (Å²) in [6, 6.07) is 0. The van der Waals surface area contributed by atoms with Gasteiger partial charge >= 0.3 is 0 Å². The second kappa shape index (κ2) is 6.44. The molecule has 1 atom stereocenters. The van der Waals surface area contributed by atoms with Crippen molar-refractivity contribution in [2.75, 3.05) is 62.3 Å². The van der Waals surface area contributed by atoms with Crippen molar-refractivity contribution in [3.8, 4) is 0 Å². The van der Waals surface area contributed by atoms with Crippen molar-refractivity contribution in [2.45, 2.75) is 18.9 Å². The molecular weight excluding hydrogens is 268 g/mol. The van der Waals surface area contributed by atoms with E-state index in [1.54, 1.807) is 6.33 Å². The van der Waals surface area contributed by atoms with Gasteiger partial charge < -0.3 is 25.6 Å². The molecule has 1 aromatic rings. The summed E-state index contributed by atoms with van der Waals surface area (Å²) in [5.41, 5.74) is 6.89. The van der Waals surface area contributed by atoms with Gasteiger partial charge in [0, 0.05) is 39.3 Å². The Morgan fingerprint density at radius 3 is 2.86 bits per heavy atom. The van der Waals surface area contributed by atoms with Gasteiger partial charge in [0.05, 0.1) is 6.10 Å². The first kappa shape index (κ1) is 14.3. The molecule has 3 heterocycles. The summed E-state index contributed by atoms with van der Waals surface area (Å²) in [5, 5.41) is 3.30. The maximum atomic E-state index is 6.25. The van der Waals surface area contributed by atoms with Crippen LogP contribution in [0.25, 0.3) is 0 Å². The zero-order chi connectivity index (χ0) is 14.7. The summed E-state index contributed by atoms with van der Waals surface area (Å²) < 4.78 is 5.61. The molecule has 0 saturated carbocycles. The molecule has 0 aromatic carbocycles. The van der Waals surface area contributed by atoms with Crippen molar-refractivity contribution in [1.29, 1.82) is 0 Å². The van der Waals surface area contributed by atoms with Crippen LogP contribution in [0, 0.1) is 0 Å². The van der Waals surface area contributed by atoms with E-state index in [9.17, 15) is 0 Å². The van der Waals surface area contributed by atoms with Gasteiger partial charge in [0.15, 0.2) is 11.6 Å². The number of anilines is 3. The molecular formula is C14H24N6O. The van der Waals surface area contributed by atoms with Gasteiger partial charge in [0.2, 0.25) is 0 Å². The van der Waals surface area contributed by atoms with E-state index in [1.165, 1.54) is 0 Å². The van der Waals surface area contributed by atoms with Gasteiger partial charge in [-0.15, -0.1) is 0 Å². The van der Waals surface area contributed by atoms with Gasteiger partial charge in [-0.25, -0.2) is 9.97 Å². The lowest BCUT2D eigenvalue weighted by atomic mass is 10.2. The largest absolute Gasteiger partial charge is 0.393 e. The highest BCUT2D eigenvalue weighted by atomic mass is 16.5. The number of piperazine rings is 1. The fraction of sp³-hybridized carbons (Fsp3) is 0.714. The summed E-state index contributed by atoms with van der Waals surface area (Å²) in [5.74, 6) is 1.56. The Bertz CT molecular complexity index is 469. The lowest BCUT2D eigenvalue weighted by Gasteiger charge is -2.33. The number of nitrogens with one attached hydrogen (secondary N) is 1. The zero-order valence-electron chi connectivity index (χ0n) is 12.6. The predicted octanol–water partition coefficient (Wildman–Crippen LogP) is 0.402. The minimum absolute atomic E-state index is 0.270. The fourth-order valence-electron chi connectivity index (χ4n) is 2.81. The van der Waals surface area contributed by atoms with Crippen molar-refractivity contribution < 1.29 is 4.74 Å². The molecule has 2 aliphatic rings. The van der Waals surface area contributed by atoms with Crippen LogP contribution in [0.5, 0.6) is 0 Å². The van der Waals surface area contributed by atoms with Crippen LogP contribution in [0.1, 0.15) is 12.8 Å². The fourth-order valence-corrected chi connectivity index (χ4v) is 2.81. The Morgan fingerprint density at radius 1 is 1.33 bits per heavy atom. The van der Waals surface area contributed by atoms with E-state index >= 15 is 0 Å². The summed E-state index contributed by atoms with van der Waals surface area (Å²) >= 11 is 0. The first-order chi connectivity index (χ1) is 10.2. The van der Waals surface area contributed by atoms with Gasteiger partial charge in [-0.2, -0.15) is 0 Å². The van der Waals surface area contributed by atoms with Crippen LogP contribution < -0.4 is 16.0 Å². The van der Waals surface area contributed by atoms with Crippen LogP contribution in [0.4, 0.5) is 17.3 Å². The minimum Gasteiger partial charge on any atom is -0.393 e. The lowest BCUT2D eigenvalue weighted by Crippen LogP contribution is -2.45. The van der Waals surface area contributed by atoms with Gasteiger partial charge in [-0.05, 0) is 19.9 Å². The number of nitrogens with two attached hydrogens (primary N) is 1. The summed E-state index contributed by atoms with van der Waals surface area (Å²) in [6.07, 6.45) is 4.09.